The number of hydrogen-bond donors (Lipinski definition) is 1. The number of thiazole rings is 1. The molecule has 1 aromatic rings. The Kier molecular flexibility index (Phi) is 5.12. The second-order valence-corrected chi connectivity index (χ2v) is 6.10. The van der Waals surface area contributed by atoms with Crippen molar-refractivity contribution >= 4 is 17.2 Å². The van der Waals surface area contributed by atoms with Crippen molar-refractivity contribution in [3.8, 4) is 0 Å². The van der Waals surface area contributed by atoms with Crippen LogP contribution in [0.2, 0.25) is 0 Å². The van der Waals surface area contributed by atoms with Gasteiger partial charge in [-0.1, -0.05) is 13.8 Å². The van der Waals surface area contributed by atoms with Gasteiger partial charge in [-0.25, -0.2) is 4.98 Å². The molecule has 20 heavy (non-hydrogen) atoms. The van der Waals surface area contributed by atoms with E-state index in [-0.39, 0.29) is 12.0 Å². The second kappa shape index (κ2) is 6.65. The number of carbonyl (C=O) groups excluding carboxylic acids is 1. The highest BCUT2D eigenvalue weighted by Gasteiger charge is 2.39. The number of nitrogens with zero attached hydrogens (tertiary/aromatic N) is 2. The number of hydrogen-bond acceptors (Lipinski definition) is 5. The van der Waals surface area contributed by atoms with Crippen LogP contribution in [-0.2, 0) is 9.53 Å². The fraction of sp³-hybridized carbons (Fsp3) is 0.714. The molecule has 0 aliphatic carbocycles. The van der Waals surface area contributed by atoms with E-state index in [1.807, 2.05) is 24.1 Å². The number of nitrogens with two attached hydrogens (primary N) is 1. The minimum absolute atomic E-state index is 0.100. The summed E-state index contributed by atoms with van der Waals surface area (Å²) in [4.78, 5) is 19.0. The number of ether oxygens (including phenoxy) is 1. The maximum Gasteiger partial charge on any atom is 0.230 e. The minimum atomic E-state index is -0.426. The first-order valence-corrected chi connectivity index (χ1v) is 8.05. The van der Waals surface area contributed by atoms with Gasteiger partial charge in [-0.15, -0.1) is 11.3 Å². The Bertz CT molecular complexity index is 423. The van der Waals surface area contributed by atoms with Crippen LogP contribution in [0.5, 0.6) is 0 Å². The van der Waals surface area contributed by atoms with Crippen molar-refractivity contribution in [2.45, 2.75) is 32.8 Å². The lowest BCUT2D eigenvalue weighted by atomic mass is 9.80. The second-order valence-electron chi connectivity index (χ2n) is 5.17. The minimum Gasteiger partial charge on any atom is -0.367 e. The molecule has 1 fully saturated rings. The molecule has 0 saturated carbocycles. The van der Waals surface area contributed by atoms with Crippen LogP contribution < -0.4 is 5.73 Å². The Morgan fingerprint density at radius 3 is 2.90 bits per heavy atom. The van der Waals surface area contributed by atoms with E-state index in [9.17, 15) is 4.79 Å². The first-order valence-electron chi connectivity index (χ1n) is 7.17. The lowest BCUT2D eigenvalue weighted by molar-refractivity contribution is -0.150. The van der Waals surface area contributed by atoms with Crippen molar-refractivity contribution in [1.82, 2.24) is 9.88 Å². The van der Waals surface area contributed by atoms with Crippen LogP contribution in [0.4, 0.5) is 0 Å². The van der Waals surface area contributed by atoms with Gasteiger partial charge in [-0.3, -0.25) is 4.79 Å². The van der Waals surface area contributed by atoms with E-state index >= 15 is 0 Å². The van der Waals surface area contributed by atoms with Gasteiger partial charge in [-0.2, -0.15) is 0 Å². The van der Waals surface area contributed by atoms with Gasteiger partial charge in [0.25, 0.3) is 0 Å². The third-order valence-corrected chi connectivity index (χ3v) is 5.15. The highest BCUT2D eigenvalue weighted by Crippen LogP contribution is 2.31. The van der Waals surface area contributed by atoms with E-state index in [1.54, 1.807) is 17.5 Å². The summed E-state index contributed by atoms with van der Waals surface area (Å²) < 4.78 is 5.74. The predicted octanol–water partition coefficient (Wildman–Crippen LogP) is 1.81. The summed E-state index contributed by atoms with van der Waals surface area (Å²) in [5.41, 5.74) is 5.45. The monoisotopic (exact) mass is 297 g/mol. The van der Waals surface area contributed by atoms with Crippen molar-refractivity contribution < 1.29 is 9.53 Å². The maximum absolute atomic E-state index is 12.8. The fourth-order valence-corrected chi connectivity index (χ4v) is 3.32. The van der Waals surface area contributed by atoms with Gasteiger partial charge in [0.2, 0.25) is 5.91 Å². The first-order chi connectivity index (χ1) is 9.66. The van der Waals surface area contributed by atoms with Crippen LogP contribution in [0.3, 0.4) is 0 Å². The molecule has 0 bridgehead atoms. The Morgan fingerprint density at radius 2 is 2.35 bits per heavy atom. The van der Waals surface area contributed by atoms with Crippen molar-refractivity contribution in [2.24, 2.45) is 11.1 Å². The van der Waals surface area contributed by atoms with Crippen LogP contribution in [0.15, 0.2) is 11.6 Å². The summed E-state index contributed by atoms with van der Waals surface area (Å²) in [7, 11) is 0. The molecule has 1 saturated heterocycles. The van der Waals surface area contributed by atoms with Gasteiger partial charge >= 0.3 is 0 Å². The van der Waals surface area contributed by atoms with Crippen LogP contribution in [-0.4, -0.2) is 42.0 Å². The number of carbonyl (C=O) groups is 1. The molecule has 2 N–H and O–H groups in total. The standard InChI is InChI=1S/C14H23N3O2S/c1-3-14(4-2,10-15)13(18)17-6-7-19-11(9-17)12-16-5-8-20-12/h5,8,11H,3-4,6-7,9-10,15H2,1-2H3. The molecule has 0 spiro atoms. The van der Waals surface area contributed by atoms with Crippen molar-refractivity contribution in [3.05, 3.63) is 16.6 Å². The van der Waals surface area contributed by atoms with Gasteiger partial charge in [0.1, 0.15) is 11.1 Å². The van der Waals surface area contributed by atoms with Gasteiger partial charge in [0.15, 0.2) is 0 Å². The number of morpholine rings is 1. The van der Waals surface area contributed by atoms with Crippen LogP contribution in [0.1, 0.15) is 37.8 Å². The SMILES string of the molecule is CCC(CC)(CN)C(=O)N1CCOC(c2nccs2)C1. The van der Waals surface area contributed by atoms with E-state index in [0.717, 1.165) is 17.8 Å². The number of aromatic nitrogens is 1. The summed E-state index contributed by atoms with van der Waals surface area (Å²) in [5.74, 6) is 0.162. The third kappa shape index (κ3) is 2.87. The summed E-state index contributed by atoms with van der Waals surface area (Å²) in [6, 6.07) is 0. The zero-order valence-corrected chi connectivity index (χ0v) is 13.0. The average molecular weight is 297 g/mol. The molecule has 112 valence electrons. The molecule has 2 rings (SSSR count). The quantitative estimate of drug-likeness (QED) is 0.900. The van der Waals surface area contributed by atoms with E-state index in [0.29, 0.717) is 26.2 Å². The Labute approximate surface area is 124 Å². The van der Waals surface area contributed by atoms with Crippen molar-refractivity contribution in [3.63, 3.8) is 0 Å². The largest absolute Gasteiger partial charge is 0.367 e. The summed E-state index contributed by atoms with van der Waals surface area (Å²) in [6.07, 6.45) is 3.22. The van der Waals surface area contributed by atoms with Gasteiger partial charge in [0, 0.05) is 24.7 Å². The highest BCUT2D eigenvalue weighted by molar-refractivity contribution is 7.09. The summed E-state index contributed by atoms with van der Waals surface area (Å²) >= 11 is 1.57. The summed E-state index contributed by atoms with van der Waals surface area (Å²) in [6.45, 7) is 6.25. The lowest BCUT2D eigenvalue weighted by Gasteiger charge is -2.39. The molecule has 0 aromatic carbocycles. The average Bonchev–Trinajstić information content (AvgIpc) is 3.04. The van der Waals surface area contributed by atoms with Crippen LogP contribution in [0.25, 0.3) is 0 Å². The highest BCUT2D eigenvalue weighted by atomic mass is 32.1. The van der Waals surface area contributed by atoms with Gasteiger partial charge in [0.05, 0.1) is 18.6 Å². The topological polar surface area (TPSA) is 68.5 Å². The summed E-state index contributed by atoms with van der Waals surface area (Å²) in [5, 5.41) is 2.87. The van der Waals surface area contributed by atoms with Crippen molar-refractivity contribution in [1.29, 1.82) is 0 Å². The fourth-order valence-electron chi connectivity index (χ4n) is 2.64. The molecular formula is C14H23N3O2S. The van der Waals surface area contributed by atoms with E-state index in [4.69, 9.17) is 10.5 Å². The molecule has 6 heteroatoms. The lowest BCUT2D eigenvalue weighted by Crippen LogP contribution is -2.51. The Morgan fingerprint density at radius 1 is 1.60 bits per heavy atom. The van der Waals surface area contributed by atoms with Crippen LogP contribution >= 0.6 is 11.3 Å². The molecule has 1 atom stereocenters. The zero-order valence-electron chi connectivity index (χ0n) is 12.2. The molecule has 2 heterocycles. The smallest absolute Gasteiger partial charge is 0.230 e. The Balaban J connectivity index is 2.10. The Hall–Kier alpha value is -0.980. The maximum atomic E-state index is 12.8. The number of rotatable bonds is 5. The van der Waals surface area contributed by atoms with Crippen LogP contribution in [0, 0.1) is 5.41 Å². The molecule has 1 amide bonds. The van der Waals surface area contributed by atoms with Gasteiger partial charge < -0.3 is 15.4 Å². The molecule has 0 radical (unpaired) electrons. The normalized spacial score (nSPS) is 20.1. The molecule has 1 aliphatic heterocycles. The first kappa shape index (κ1) is 15.4. The van der Waals surface area contributed by atoms with E-state index < -0.39 is 5.41 Å². The molecule has 1 unspecified atom stereocenters. The third-order valence-electron chi connectivity index (χ3n) is 4.28. The zero-order chi connectivity index (χ0) is 14.6. The molecular weight excluding hydrogens is 274 g/mol. The molecule has 1 aromatic heterocycles. The van der Waals surface area contributed by atoms with Crippen molar-refractivity contribution in [2.75, 3.05) is 26.2 Å². The number of amides is 1. The van der Waals surface area contributed by atoms with E-state index in [2.05, 4.69) is 4.98 Å². The predicted molar refractivity (Wildman–Crippen MR) is 79.5 cm³/mol. The molecule has 5 nitrogen and oxygen atoms in total. The molecule has 1 aliphatic rings. The van der Waals surface area contributed by atoms with E-state index in [1.165, 1.54) is 0 Å². The van der Waals surface area contributed by atoms with Gasteiger partial charge in [-0.05, 0) is 12.8 Å².